The number of fused-ring (bicyclic) bond motifs is 1. The van der Waals surface area contributed by atoms with E-state index in [0.717, 1.165) is 28.4 Å². The molecule has 0 N–H and O–H groups in total. The first-order valence-electron chi connectivity index (χ1n) is 7.75. The maximum Gasteiger partial charge on any atom is 0.303 e. The third kappa shape index (κ3) is 3.30. The van der Waals surface area contributed by atoms with Crippen LogP contribution >= 0.6 is 0 Å². The minimum Gasteiger partial charge on any atom is -0.497 e. The first-order valence-corrected chi connectivity index (χ1v) is 7.75. The van der Waals surface area contributed by atoms with Gasteiger partial charge in [0.05, 0.1) is 14.2 Å². The van der Waals surface area contributed by atoms with Gasteiger partial charge in [-0.2, -0.15) is 0 Å². The maximum atomic E-state index is 11.5. The summed E-state index contributed by atoms with van der Waals surface area (Å²) >= 11 is 0. The molecule has 24 heavy (non-hydrogen) atoms. The number of hydrogen-bond donors (Lipinski definition) is 0. The third-order valence-electron chi connectivity index (χ3n) is 4.04. The van der Waals surface area contributed by atoms with E-state index in [1.54, 1.807) is 14.2 Å². The summed E-state index contributed by atoms with van der Waals surface area (Å²) in [5.41, 5.74) is 1.90. The van der Waals surface area contributed by atoms with E-state index in [1.165, 1.54) is 6.92 Å². The van der Waals surface area contributed by atoms with Crippen molar-refractivity contribution in [3.8, 4) is 17.2 Å². The monoisotopic (exact) mass is 328 g/mol. The zero-order valence-corrected chi connectivity index (χ0v) is 13.9. The van der Waals surface area contributed by atoms with E-state index in [0.29, 0.717) is 6.42 Å². The van der Waals surface area contributed by atoms with Crippen LogP contribution in [-0.2, 0) is 16.0 Å². The zero-order valence-electron chi connectivity index (χ0n) is 13.9. The molecule has 5 nitrogen and oxygen atoms in total. The molecule has 0 spiro atoms. The Labute approximate surface area is 141 Å². The van der Waals surface area contributed by atoms with Crippen LogP contribution in [0.2, 0.25) is 0 Å². The first-order chi connectivity index (χ1) is 11.6. The normalized spacial score (nSPS) is 19.0. The van der Waals surface area contributed by atoms with Crippen molar-refractivity contribution in [2.75, 3.05) is 14.2 Å². The second-order valence-electron chi connectivity index (χ2n) is 5.64. The Kier molecular flexibility index (Phi) is 4.60. The molecule has 1 heterocycles. The number of rotatable bonds is 4. The highest BCUT2D eigenvalue weighted by molar-refractivity contribution is 5.66. The second kappa shape index (κ2) is 6.83. The van der Waals surface area contributed by atoms with Crippen molar-refractivity contribution < 1.29 is 23.7 Å². The summed E-state index contributed by atoms with van der Waals surface area (Å²) < 4.78 is 22.1. The second-order valence-corrected chi connectivity index (χ2v) is 5.64. The topological polar surface area (TPSA) is 54.0 Å². The number of esters is 1. The van der Waals surface area contributed by atoms with Crippen LogP contribution in [0.1, 0.15) is 24.2 Å². The lowest BCUT2D eigenvalue weighted by atomic mass is 9.94. The molecular weight excluding hydrogens is 308 g/mol. The van der Waals surface area contributed by atoms with Crippen molar-refractivity contribution in [3.63, 3.8) is 0 Å². The van der Waals surface area contributed by atoms with Crippen molar-refractivity contribution in [3.05, 3.63) is 53.6 Å². The lowest BCUT2D eigenvalue weighted by Gasteiger charge is -2.33. The standard InChI is InChI=1S/C19H20O5/c1-12(20)23-18-11-14-10-16(22-3)8-9-17(14)24-19(18)13-4-6-15(21-2)7-5-13/h4-10,18-19H,11H2,1-3H3/t18-,19+/m1/s1. The predicted molar refractivity (Wildman–Crippen MR) is 88.6 cm³/mol. The Morgan fingerprint density at radius 1 is 1.04 bits per heavy atom. The average Bonchev–Trinajstić information content (AvgIpc) is 2.60. The molecule has 0 aromatic heterocycles. The molecule has 2 atom stereocenters. The van der Waals surface area contributed by atoms with Crippen LogP contribution in [0.5, 0.6) is 17.2 Å². The number of carbonyl (C=O) groups is 1. The molecule has 2 aromatic carbocycles. The smallest absolute Gasteiger partial charge is 0.303 e. The Morgan fingerprint density at radius 2 is 1.71 bits per heavy atom. The van der Waals surface area contributed by atoms with Crippen molar-refractivity contribution in [2.45, 2.75) is 25.6 Å². The fraction of sp³-hybridized carbons (Fsp3) is 0.316. The van der Waals surface area contributed by atoms with Gasteiger partial charge in [-0.15, -0.1) is 0 Å². The molecule has 0 fully saturated rings. The van der Waals surface area contributed by atoms with Crippen molar-refractivity contribution in [1.82, 2.24) is 0 Å². The minimum atomic E-state index is -0.393. The van der Waals surface area contributed by atoms with Crippen LogP contribution in [0.3, 0.4) is 0 Å². The lowest BCUT2D eigenvalue weighted by Crippen LogP contribution is -2.34. The van der Waals surface area contributed by atoms with E-state index in [-0.39, 0.29) is 12.1 Å². The summed E-state index contributed by atoms with van der Waals surface area (Å²) in [7, 11) is 3.24. The molecule has 0 bridgehead atoms. The molecule has 2 aromatic rings. The highest BCUT2D eigenvalue weighted by Crippen LogP contribution is 2.38. The number of ether oxygens (including phenoxy) is 4. The van der Waals surface area contributed by atoms with Crippen LogP contribution in [0.15, 0.2) is 42.5 Å². The summed E-state index contributed by atoms with van der Waals surface area (Å²) in [5, 5.41) is 0. The Hall–Kier alpha value is -2.69. The van der Waals surface area contributed by atoms with Crippen LogP contribution in [0.4, 0.5) is 0 Å². The van der Waals surface area contributed by atoms with Gasteiger partial charge >= 0.3 is 5.97 Å². The van der Waals surface area contributed by atoms with Gasteiger partial charge in [0, 0.05) is 18.9 Å². The lowest BCUT2D eigenvalue weighted by molar-refractivity contribution is -0.152. The molecule has 5 heteroatoms. The molecule has 1 aliphatic heterocycles. The number of benzene rings is 2. The van der Waals surface area contributed by atoms with Gasteiger partial charge < -0.3 is 18.9 Å². The fourth-order valence-corrected chi connectivity index (χ4v) is 2.89. The SMILES string of the molecule is COc1ccc([C@@H]2Oc3ccc(OC)cc3C[C@H]2OC(C)=O)cc1. The van der Waals surface area contributed by atoms with E-state index in [2.05, 4.69) is 0 Å². The summed E-state index contributed by atoms with van der Waals surface area (Å²) in [6.07, 6.45) is -0.181. The molecule has 0 radical (unpaired) electrons. The molecule has 126 valence electrons. The van der Waals surface area contributed by atoms with Crippen molar-refractivity contribution in [1.29, 1.82) is 0 Å². The van der Waals surface area contributed by atoms with E-state index in [9.17, 15) is 4.79 Å². The molecule has 0 saturated heterocycles. The fourth-order valence-electron chi connectivity index (χ4n) is 2.89. The van der Waals surface area contributed by atoms with Gasteiger partial charge in [-0.1, -0.05) is 12.1 Å². The highest BCUT2D eigenvalue weighted by Gasteiger charge is 2.34. The van der Waals surface area contributed by atoms with Gasteiger partial charge in [0.1, 0.15) is 23.4 Å². The van der Waals surface area contributed by atoms with Crippen LogP contribution in [0.25, 0.3) is 0 Å². The van der Waals surface area contributed by atoms with E-state index in [1.807, 2.05) is 42.5 Å². The van der Waals surface area contributed by atoms with E-state index >= 15 is 0 Å². The maximum absolute atomic E-state index is 11.5. The predicted octanol–water partition coefficient (Wildman–Crippen LogP) is 3.31. The molecule has 0 unspecified atom stereocenters. The van der Waals surface area contributed by atoms with Crippen LogP contribution in [-0.4, -0.2) is 26.3 Å². The van der Waals surface area contributed by atoms with Crippen LogP contribution < -0.4 is 14.2 Å². The summed E-state index contributed by atoms with van der Waals surface area (Å²) in [6, 6.07) is 13.2. The van der Waals surface area contributed by atoms with Gasteiger partial charge in [0.2, 0.25) is 0 Å². The summed E-state index contributed by atoms with van der Waals surface area (Å²) in [6.45, 7) is 1.41. The number of carbonyl (C=O) groups excluding carboxylic acids is 1. The van der Waals surface area contributed by atoms with Gasteiger partial charge in [-0.05, 0) is 35.9 Å². The Bertz CT molecular complexity index is 723. The molecule has 0 saturated carbocycles. The van der Waals surface area contributed by atoms with Gasteiger partial charge in [0.15, 0.2) is 6.10 Å². The summed E-state index contributed by atoms with van der Waals surface area (Å²) in [5.74, 6) is 1.97. The quantitative estimate of drug-likeness (QED) is 0.806. The van der Waals surface area contributed by atoms with Crippen molar-refractivity contribution in [2.24, 2.45) is 0 Å². The molecule has 0 amide bonds. The van der Waals surface area contributed by atoms with Gasteiger partial charge in [-0.3, -0.25) is 4.79 Å². The molecule has 1 aliphatic rings. The van der Waals surface area contributed by atoms with Gasteiger partial charge in [-0.25, -0.2) is 0 Å². The van der Waals surface area contributed by atoms with Crippen molar-refractivity contribution >= 4 is 5.97 Å². The van der Waals surface area contributed by atoms with Crippen LogP contribution in [0, 0.1) is 0 Å². The van der Waals surface area contributed by atoms with E-state index < -0.39 is 6.10 Å². The zero-order chi connectivity index (χ0) is 17.1. The minimum absolute atomic E-state index is 0.326. The molecular formula is C19H20O5. The largest absolute Gasteiger partial charge is 0.497 e. The summed E-state index contributed by atoms with van der Waals surface area (Å²) in [4.78, 5) is 11.5. The number of methoxy groups -OCH3 is 2. The Morgan fingerprint density at radius 3 is 2.33 bits per heavy atom. The first kappa shape index (κ1) is 16.2. The van der Waals surface area contributed by atoms with Gasteiger partial charge in [0.25, 0.3) is 0 Å². The number of hydrogen-bond acceptors (Lipinski definition) is 5. The third-order valence-corrected chi connectivity index (χ3v) is 4.04. The average molecular weight is 328 g/mol. The molecule has 0 aliphatic carbocycles. The Balaban J connectivity index is 1.93. The molecule has 3 rings (SSSR count). The van der Waals surface area contributed by atoms with E-state index in [4.69, 9.17) is 18.9 Å². The highest BCUT2D eigenvalue weighted by atomic mass is 16.6.